The number of benzene rings is 1. The molecule has 0 saturated carbocycles. The van der Waals surface area contributed by atoms with E-state index in [1.54, 1.807) is 0 Å². The molecule has 1 aliphatic heterocycles. The predicted molar refractivity (Wildman–Crippen MR) is 84.9 cm³/mol. The van der Waals surface area contributed by atoms with Gasteiger partial charge in [0.25, 0.3) is 0 Å². The van der Waals surface area contributed by atoms with E-state index in [1.165, 1.54) is 0 Å². The Morgan fingerprint density at radius 3 is 2.52 bits per heavy atom. The van der Waals surface area contributed by atoms with E-state index in [0.717, 1.165) is 35.5 Å². The fourth-order valence-electron chi connectivity index (χ4n) is 3.29. The van der Waals surface area contributed by atoms with Crippen LogP contribution in [0.3, 0.4) is 0 Å². The number of ether oxygens (including phenoxy) is 1. The molecule has 2 aromatic heterocycles. The number of hydrogen-bond donors (Lipinski definition) is 0. The molecule has 4 nitrogen and oxygen atoms in total. The summed E-state index contributed by atoms with van der Waals surface area (Å²) in [5, 5.41) is 0. The van der Waals surface area contributed by atoms with Crippen molar-refractivity contribution >= 4 is 22.4 Å². The van der Waals surface area contributed by atoms with E-state index in [1.807, 2.05) is 6.07 Å². The lowest BCUT2D eigenvalue weighted by molar-refractivity contribution is -0.00536. The Hall–Kier alpha value is -2.07. The fourth-order valence-corrected chi connectivity index (χ4v) is 3.29. The molecular weight excluding hydrogens is 262 g/mol. The lowest BCUT2D eigenvalue weighted by atomic mass is 10.2. The van der Waals surface area contributed by atoms with Gasteiger partial charge in [0.15, 0.2) is 5.82 Å². The van der Waals surface area contributed by atoms with Crippen molar-refractivity contribution in [1.82, 2.24) is 9.38 Å². The molecule has 3 aromatic rings. The maximum atomic E-state index is 5.84. The first kappa shape index (κ1) is 12.7. The van der Waals surface area contributed by atoms with Crippen LogP contribution in [0.15, 0.2) is 42.6 Å². The van der Waals surface area contributed by atoms with Gasteiger partial charge in [0.1, 0.15) is 0 Å². The van der Waals surface area contributed by atoms with Gasteiger partial charge in [-0.1, -0.05) is 12.1 Å². The van der Waals surface area contributed by atoms with Crippen molar-refractivity contribution in [2.45, 2.75) is 26.1 Å². The highest BCUT2D eigenvalue weighted by molar-refractivity contribution is 5.85. The van der Waals surface area contributed by atoms with Crippen molar-refractivity contribution in [3.8, 4) is 0 Å². The predicted octanol–water partition coefficient (Wildman–Crippen LogP) is 3.10. The normalized spacial score (nSPS) is 23.0. The van der Waals surface area contributed by atoms with Crippen LogP contribution in [0.4, 0.5) is 5.82 Å². The Balaban J connectivity index is 1.92. The molecule has 4 heteroatoms. The summed E-state index contributed by atoms with van der Waals surface area (Å²) in [5.74, 6) is 1.06. The van der Waals surface area contributed by atoms with Gasteiger partial charge in [-0.3, -0.25) is 0 Å². The Kier molecular flexibility index (Phi) is 2.86. The SMILES string of the molecule is CC1CN(c2nc3ccccc3n3cccc23)CC(C)O1. The Bertz CT molecular complexity index is 785. The molecule has 1 saturated heterocycles. The van der Waals surface area contributed by atoms with E-state index in [2.05, 4.69) is 59.7 Å². The number of anilines is 1. The molecule has 2 unspecified atom stereocenters. The zero-order valence-corrected chi connectivity index (χ0v) is 12.4. The van der Waals surface area contributed by atoms with E-state index in [-0.39, 0.29) is 12.2 Å². The largest absolute Gasteiger partial charge is 0.372 e. The molecule has 3 heterocycles. The van der Waals surface area contributed by atoms with E-state index in [9.17, 15) is 0 Å². The summed E-state index contributed by atoms with van der Waals surface area (Å²) < 4.78 is 8.07. The van der Waals surface area contributed by atoms with Crippen LogP contribution < -0.4 is 4.90 Å². The molecular formula is C17H19N3O. The molecule has 2 atom stereocenters. The van der Waals surface area contributed by atoms with Gasteiger partial charge in [0.2, 0.25) is 0 Å². The van der Waals surface area contributed by atoms with Crippen molar-refractivity contribution < 1.29 is 4.74 Å². The molecule has 1 fully saturated rings. The first-order valence-electron chi connectivity index (χ1n) is 7.48. The van der Waals surface area contributed by atoms with Crippen molar-refractivity contribution in [1.29, 1.82) is 0 Å². The monoisotopic (exact) mass is 281 g/mol. The van der Waals surface area contributed by atoms with Crippen LogP contribution in [-0.2, 0) is 4.74 Å². The maximum Gasteiger partial charge on any atom is 0.153 e. The molecule has 0 amide bonds. The quantitative estimate of drug-likeness (QED) is 0.686. The molecule has 1 aromatic carbocycles. The second-order valence-corrected chi connectivity index (χ2v) is 5.85. The summed E-state index contributed by atoms with van der Waals surface area (Å²) in [4.78, 5) is 7.27. The summed E-state index contributed by atoms with van der Waals surface area (Å²) in [6.07, 6.45) is 2.57. The average Bonchev–Trinajstić information content (AvgIpc) is 2.95. The van der Waals surface area contributed by atoms with E-state index in [4.69, 9.17) is 9.72 Å². The minimum Gasteiger partial charge on any atom is -0.372 e. The van der Waals surface area contributed by atoms with E-state index >= 15 is 0 Å². The van der Waals surface area contributed by atoms with Gasteiger partial charge in [-0.15, -0.1) is 0 Å². The van der Waals surface area contributed by atoms with Gasteiger partial charge in [0.05, 0.1) is 28.8 Å². The maximum absolute atomic E-state index is 5.84. The van der Waals surface area contributed by atoms with E-state index < -0.39 is 0 Å². The minimum atomic E-state index is 0.233. The fraction of sp³-hybridized carbons (Fsp3) is 0.353. The van der Waals surface area contributed by atoms with Gasteiger partial charge in [0, 0.05) is 19.3 Å². The first-order chi connectivity index (χ1) is 10.2. The first-order valence-corrected chi connectivity index (χ1v) is 7.48. The van der Waals surface area contributed by atoms with Crippen LogP contribution in [0.1, 0.15) is 13.8 Å². The molecule has 1 aliphatic rings. The van der Waals surface area contributed by atoms with Gasteiger partial charge in [-0.2, -0.15) is 0 Å². The topological polar surface area (TPSA) is 29.8 Å². The number of para-hydroxylation sites is 2. The third-order valence-electron chi connectivity index (χ3n) is 4.06. The van der Waals surface area contributed by atoms with Crippen LogP contribution in [0.5, 0.6) is 0 Å². The minimum absolute atomic E-state index is 0.233. The van der Waals surface area contributed by atoms with Gasteiger partial charge in [-0.25, -0.2) is 4.98 Å². The molecule has 4 rings (SSSR count). The van der Waals surface area contributed by atoms with Crippen LogP contribution in [0.2, 0.25) is 0 Å². The van der Waals surface area contributed by atoms with Crippen LogP contribution in [-0.4, -0.2) is 34.7 Å². The number of rotatable bonds is 1. The lowest BCUT2D eigenvalue weighted by Crippen LogP contribution is -2.46. The van der Waals surface area contributed by atoms with Crippen LogP contribution in [0.25, 0.3) is 16.6 Å². The van der Waals surface area contributed by atoms with Gasteiger partial charge < -0.3 is 14.0 Å². The summed E-state index contributed by atoms with van der Waals surface area (Å²) in [6.45, 7) is 6.02. The molecule has 0 bridgehead atoms. The molecule has 108 valence electrons. The Morgan fingerprint density at radius 1 is 1.00 bits per heavy atom. The molecule has 21 heavy (non-hydrogen) atoms. The molecule has 0 aliphatic carbocycles. The number of hydrogen-bond acceptors (Lipinski definition) is 3. The van der Waals surface area contributed by atoms with Gasteiger partial charge >= 0.3 is 0 Å². The lowest BCUT2D eigenvalue weighted by Gasteiger charge is -2.36. The standard InChI is InChI=1S/C17H19N3O/c1-12-10-19(11-13(2)21-12)17-16-8-5-9-20(16)15-7-4-3-6-14(15)18-17/h3-9,12-13H,10-11H2,1-2H3. The summed E-state index contributed by atoms with van der Waals surface area (Å²) in [7, 11) is 0. The van der Waals surface area contributed by atoms with Crippen molar-refractivity contribution in [3.05, 3.63) is 42.6 Å². The highest BCUT2D eigenvalue weighted by atomic mass is 16.5. The number of nitrogens with zero attached hydrogens (tertiary/aromatic N) is 3. The number of morpholine rings is 1. The highest BCUT2D eigenvalue weighted by Crippen LogP contribution is 2.27. The van der Waals surface area contributed by atoms with Crippen molar-refractivity contribution in [3.63, 3.8) is 0 Å². The molecule has 0 N–H and O–H groups in total. The zero-order chi connectivity index (χ0) is 14.4. The second kappa shape index (κ2) is 4.74. The smallest absolute Gasteiger partial charge is 0.153 e. The van der Waals surface area contributed by atoms with Crippen molar-refractivity contribution in [2.75, 3.05) is 18.0 Å². The average molecular weight is 281 g/mol. The highest BCUT2D eigenvalue weighted by Gasteiger charge is 2.25. The van der Waals surface area contributed by atoms with Gasteiger partial charge in [-0.05, 0) is 38.1 Å². The van der Waals surface area contributed by atoms with E-state index in [0.29, 0.717) is 0 Å². The molecule has 0 spiro atoms. The number of fused-ring (bicyclic) bond motifs is 3. The second-order valence-electron chi connectivity index (χ2n) is 5.85. The summed E-state index contributed by atoms with van der Waals surface area (Å²) in [6, 6.07) is 12.5. The zero-order valence-electron chi connectivity index (χ0n) is 12.4. The third-order valence-corrected chi connectivity index (χ3v) is 4.06. The van der Waals surface area contributed by atoms with Crippen LogP contribution in [0, 0.1) is 0 Å². The summed E-state index contributed by atoms with van der Waals surface area (Å²) in [5.41, 5.74) is 3.34. The number of aromatic nitrogens is 2. The van der Waals surface area contributed by atoms with Crippen molar-refractivity contribution in [2.24, 2.45) is 0 Å². The Labute approximate surface area is 124 Å². The summed E-state index contributed by atoms with van der Waals surface area (Å²) >= 11 is 0. The third kappa shape index (κ3) is 2.07. The molecule has 0 radical (unpaired) electrons. The Morgan fingerprint density at radius 2 is 1.71 bits per heavy atom. The van der Waals surface area contributed by atoms with Crippen LogP contribution >= 0.6 is 0 Å².